The van der Waals surface area contributed by atoms with Gasteiger partial charge in [0.15, 0.2) is 0 Å². The average molecular weight is 514 g/mol. The van der Waals surface area contributed by atoms with Gasteiger partial charge in [-0.25, -0.2) is 0 Å². The van der Waals surface area contributed by atoms with Crippen LogP contribution in [0.2, 0.25) is 5.02 Å². The highest BCUT2D eigenvalue weighted by Gasteiger charge is 2.39. The molecule has 0 spiro atoms. The van der Waals surface area contributed by atoms with Gasteiger partial charge in [0.2, 0.25) is 0 Å². The van der Waals surface area contributed by atoms with Gasteiger partial charge in [-0.15, -0.1) is 10.1 Å². The normalized spacial score (nSPS) is 23.0. The molecule has 1 aliphatic rings. The molecule has 0 unspecified atom stereocenters. The number of hydrogen-bond acceptors (Lipinski definition) is 9. The van der Waals surface area contributed by atoms with Crippen LogP contribution in [-0.4, -0.2) is 64.5 Å². The molecule has 194 valence electrons. The van der Waals surface area contributed by atoms with E-state index in [2.05, 4.69) is 4.84 Å². The first-order valence-corrected chi connectivity index (χ1v) is 11.8. The fourth-order valence-corrected chi connectivity index (χ4v) is 4.01. The van der Waals surface area contributed by atoms with Gasteiger partial charge in [0, 0.05) is 23.8 Å². The van der Waals surface area contributed by atoms with E-state index in [1.165, 1.54) is 0 Å². The van der Waals surface area contributed by atoms with Crippen molar-refractivity contribution in [3.63, 3.8) is 0 Å². The van der Waals surface area contributed by atoms with Gasteiger partial charge >= 0.3 is 5.97 Å². The number of halogens is 1. The van der Waals surface area contributed by atoms with Gasteiger partial charge in [0.1, 0.15) is 31.7 Å². The van der Waals surface area contributed by atoms with Gasteiger partial charge in [-0.3, -0.25) is 4.79 Å². The Morgan fingerprint density at radius 1 is 1.26 bits per heavy atom. The Morgan fingerprint density at radius 2 is 2.06 bits per heavy atom. The number of hydrogen-bond donors (Lipinski definition) is 3. The molecule has 35 heavy (non-hydrogen) atoms. The number of esters is 1. The predicted molar refractivity (Wildman–Crippen MR) is 127 cm³/mol. The van der Waals surface area contributed by atoms with Gasteiger partial charge in [-0.05, 0) is 43.4 Å². The average Bonchev–Trinajstić information content (AvgIpc) is 3.08. The quantitative estimate of drug-likeness (QED) is 0.106. The van der Waals surface area contributed by atoms with Crippen molar-refractivity contribution in [1.82, 2.24) is 0 Å². The van der Waals surface area contributed by atoms with Crippen LogP contribution >= 0.6 is 11.6 Å². The lowest BCUT2D eigenvalue weighted by Gasteiger charge is -2.19. The summed E-state index contributed by atoms with van der Waals surface area (Å²) in [6, 6.07) is 6.85. The van der Waals surface area contributed by atoms with Gasteiger partial charge in [-0.1, -0.05) is 42.0 Å². The predicted octanol–water partition coefficient (Wildman–Crippen LogP) is 2.86. The largest absolute Gasteiger partial charge is 0.491 e. The number of allylic oxidation sites excluding steroid dienone is 2. The standard InChI is InChI=1S/C24H32ClNO9/c25-17-6-5-7-19(14-17)34-16-18(27)10-11-21-20(22(28)15-23(21)29)8-3-1-2-4-9-24(30)33-12-13-35-26(31)32/h1,3,5-7,10-11,14,18,20-23,27-29H,2,4,8-9,12-13,15-16H2/t18-,20-,21-,22+,23-/m1/s1. The van der Waals surface area contributed by atoms with Crippen LogP contribution in [0.1, 0.15) is 32.1 Å². The minimum absolute atomic E-state index is 0.0258. The zero-order chi connectivity index (χ0) is 25.6. The molecule has 1 aromatic rings. The summed E-state index contributed by atoms with van der Waals surface area (Å²) in [7, 11) is 0. The highest BCUT2D eigenvalue weighted by Crippen LogP contribution is 2.36. The van der Waals surface area contributed by atoms with E-state index in [0.29, 0.717) is 30.0 Å². The number of nitrogens with zero attached hydrogens (tertiary/aromatic N) is 1. The number of unbranched alkanes of at least 4 members (excludes halogenated alkanes) is 1. The summed E-state index contributed by atoms with van der Waals surface area (Å²) in [5.74, 6) is -0.430. The number of aliphatic hydroxyl groups is 3. The molecule has 0 saturated heterocycles. The third-order valence-corrected chi connectivity index (χ3v) is 5.79. The van der Waals surface area contributed by atoms with Gasteiger partial charge in [0.25, 0.3) is 5.09 Å². The molecule has 0 radical (unpaired) electrons. The SMILES string of the molecule is O=C(CCCC=CC[C@@H]1[C@@H](C=C[C@@H](O)COc2cccc(Cl)c2)[C@H](O)C[C@@H]1O)OCCO[N+](=O)[O-]. The van der Waals surface area contributed by atoms with Gasteiger partial charge in [-0.2, -0.15) is 0 Å². The molecule has 1 aromatic carbocycles. The molecule has 1 fully saturated rings. The van der Waals surface area contributed by atoms with Crippen LogP contribution in [0.15, 0.2) is 48.6 Å². The molecule has 5 atom stereocenters. The van der Waals surface area contributed by atoms with Gasteiger partial charge < -0.3 is 29.6 Å². The molecular weight excluding hydrogens is 482 g/mol. The molecule has 0 heterocycles. The van der Waals surface area contributed by atoms with E-state index in [-0.39, 0.29) is 44.5 Å². The van der Waals surface area contributed by atoms with E-state index < -0.39 is 29.4 Å². The van der Waals surface area contributed by atoms with E-state index in [0.717, 1.165) is 0 Å². The number of benzene rings is 1. The Hall–Kier alpha value is -2.66. The minimum atomic E-state index is -0.946. The first kappa shape index (κ1) is 28.6. The van der Waals surface area contributed by atoms with E-state index >= 15 is 0 Å². The zero-order valence-corrected chi connectivity index (χ0v) is 20.0. The molecule has 1 saturated carbocycles. The topological polar surface area (TPSA) is 149 Å². The molecular formula is C24H32ClNO9. The summed E-state index contributed by atoms with van der Waals surface area (Å²) in [4.78, 5) is 25.6. The van der Waals surface area contributed by atoms with Crippen LogP contribution in [-0.2, 0) is 14.4 Å². The second-order valence-electron chi connectivity index (χ2n) is 8.21. The van der Waals surface area contributed by atoms with E-state index in [1.807, 2.05) is 12.2 Å². The van der Waals surface area contributed by atoms with Crippen molar-refractivity contribution in [2.24, 2.45) is 11.8 Å². The van der Waals surface area contributed by atoms with Crippen LogP contribution < -0.4 is 4.74 Å². The van der Waals surface area contributed by atoms with Crippen molar-refractivity contribution in [3.8, 4) is 5.75 Å². The molecule has 3 N–H and O–H groups in total. The maximum atomic E-state index is 11.5. The fourth-order valence-electron chi connectivity index (χ4n) is 3.83. The Morgan fingerprint density at radius 3 is 2.80 bits per heavy atom. The summed E-state index contributed by atoms with van der Waals surface area (Å²) >= 11 is 5.91. The third-order valence-electron chi connectivity index (χ3n) is 5.56. The molecule has 10 nitrogen and oxygen atoms in total. The second-order valence-corrected chi connectivity index (χ2v) is 8.65. The van der Waals surface area contributed by atoms with Crippen LogP contribution in [0.4, 0.5) is 0 Å². The fraction of sp³-hybridized carbons (Fsp3) is 0.542. The summed E-state index contributed by atoms with van der Waals surface area (Å²) in [6.45, 7) is -0.443. The number of aliphatic hydroxyl groups excluding tert-OH is 3. The lowest BCUT2D eigenvalue weighted by molar-refractivity contribution is -0.757. The van der Waals surface area contributed by atoms with Crippen molar-refractivity contribution in [2.75, 3.05) is 19.8 Å². The van der Waals surface area contributed by atoms with Crippen molar-refractivity contribution >= 4 is 17.6 Å². The maximum Gasteiger partial charge on any atom is 0.305 e. The highest BCUT2D eigenvalue weighted by molar-refractivity contribution is 6.30. The lowest BCUT2D eigenvalue weighted by atomic mass is 9.89. The second kappa shape index (κ2) is 15.4. The van der Waals surface area contributed by atoms with E-state index in [9.17, 15) is 30.2 Å². The molecule has 1 aliphatic carbocycles. The molecule has 0 amide bonds. The van der Waals surface area contributed by atoms with Crippen molar-refractivity contribution in [3.05, 3.63) is 63.7 Å². The maximum absolute atomic E-state index is 11.5. The number of ether oxygens (including phenoxy) is 2. The smallest absolute Gasteiger partial charge is 0.305 e. The molecule has 2 rings (SSSR count). The summed E-state index contributed by atoms with van der Waals surface area (Å²) in [5.41, 5.74) is 0. The Balaban J connectivity index is 1.71. The Bertz CT molecular complexity index is 863. The Kier molecular flexibility index (Phi) is 12.5. The molecule has 0 bridgehead atoms. The van der Waals surface area contributed by atoms with Gasteiger partial charge in [0.05, 0.1) is 12.2 Å². The van der Waals surface area contributed by atoms with Crippen molar-refractivity contribution < 1.29 is 39.5 Å². The number of carbonyl (C=O) groups excluding carboxylic acids is 1. The number of rotatable bonds is 15. The lowest BCUT2D eigenvalue weighted by Crippen LogP contribution is -2.21. The van der Waals surface area contributed by atoms with Crippen LogP contribution in [0.5, 0.6) is 5.75 Å². The first-order chi connectivity index (χ1) is 16.8. The Labute approximate surface area is 208 Å². The van der Waals surface area contributed by atoms with Crippen LogP contribution in [0.3, 0.4) is 0 Å². The van der Waals surface area contributed by atoms with Crippen molar-refractivity contribution in [2.45, 2.75) is 50.4 Å². The third kappa shape index (κ3) is 11.1. The first-order valence-electron chi connectivity index (χ1n) is 11.4. The van der Waals surface area contributed by atoms with Crippen LogP contribution in [0.25, 0.3) is 0 Å². The molecule has 0 aliphatic heterocycles. The highest BCUT2D eigenvalue weighted by atomic mass is 35.5. The summed E-state index contributed by atoms with van der Waals surface area (Å²) in [6.07, 6.45) is 6.95. The molecule has 0 aromatic heterocycles. The molecule has 11 heteroatoms. The monoisotopic (exact) mass is 513 g/mol. The zero-order valence-electron chi connectivity index (χ0n) is 19.3. The summed E-state index contributed by atoms with van der Waals surface area (Å²) in [5, 5.41) is 40.5. The van der Waals surface area contributed by atoms with E-state index in [4.69, 9.17) is 21.1 Å². The minimum Gasteiger partial charge on any atom is -0.491 e. The van der Waals surface area contributed by atoms with E-state index in [1.54, 1.807) is 36.4 Å². The van der Waals surface area contributed by atoms with Crippen LogP contribution in [0, 0.1) is 22.0 Å². The summed E-state index contributed by atoms with van der Waals surface area (Å²) < 4.78 is 10.3. The van der Waals surface area contributed by atoms with Crippen molar-refractivity contribution in [1.29, 1.82) is 0 Å². The number of carbonyl (C=O) groups is 1.